The van der Waals surface area contributed by atoms with Crippen molar-refractivity contribution in [1.82, 2.24) is 15.0 Å². The molecule has 0 aliphatic rings. The van der Waals surface area contributed by atoms with Crippen LogP contribution in [0.1, 0.15) is 52.8 Å². The number of hydrogen-bond acceptors (Lipinski definition) is 2. The molecule has 0 saturated carbocycles. The van der Waals surface area contributed by atoms with Crippen LogP contribution in [-0.2, 0) is 10.8 Å². The van der Waals surface area contributed by atoms with Gasteiger partial charge >= 0.3 is 0 Å². The summed E-state index contributed by atoms with van der Waals surface area (Å²) >= 11 is 6.40. The Hall–Kier alpha value is -1.35. The van der Waals surface area contributed by atoms with Crippen LogP contribution in [0, 0.1) is 0 Å². The summed E-state index contributed by atoms with van der Waals surface area (Å²) < 4.78 is 1.78. The molecule has 0 unspecified atom stereocenters. The van der Waals surface area contributed by atoms with E-state index in [4.69, 9.17) is 11.6 Å². The second kappa shape index (κ2) is 4.88. The lowest BCUT2D eigenvalue weighted by Gasteiger charge is -2.21. The van der Waals surface area contributed by atoms with Crippen molar-refractivity contribution in [3.8, 4) is 5.69 Å². The molecule has 2 rings (SSSR count). The van der Waals surface area contributed by atoms with Gasteiger partial charge in [0.1, 0.15) is 0 Å². The highest BCUT2D eigenvalue weighted by atomic mass is 35.5. The van der Waals surface area contributed by atoms with Crippen LogP contribution in [0.25, 0.3) is 5.69 Å². The molecular formula is C16H22ClN3. The van der Waals surface area contributed by atoms with E-state index >= 15 is 0 Å². The molecule has 4 heteroatoms. The summed E-state index contributed by atoms with van der Waals surface area (Å²) in [6.07, 6.45) is 1.96. The topological polar surface area (TPSA) is 30.7 Å². The smallest absolute Gasteiger partial charge is 0.0885 e. The molecule has 0 radical (unpaired) electrons. The van der Waals surface area contributed by atoms with Crippen LogP contribution in [-0.4, -0.2) is 15.0 Å². The quantitative estimate of drug-likeness (QED) is 0.773. The van der Waals surface area contributed by atoms with E-state index in [-0.39, 0.29) is 10.8 Å². The van der Waals surface area contributed by atoms with E-state index in [0.717, 1.165) is 22.0 Å². The zero-order chi connectivity index (χ0) is 15.1. The Bertz CT molecular complexity index is 615. The highest BCUT2D eigenvalue weighted by Gasteiger charge is 2.20. The fraction of sp³-hybridized carbons (Fsp3) is 0.500. The molecule has 0 amide bonds. The van der Waals surface area contributed by atoms with Crippen LogP contribution >= 0.6 is 11.6 Å². The minimum atomic E-state index is -0.00655. The monoisotopic (exact) mass is 291 g/mol. The van der Waals surface area contributed by atoms with Crippen molar-refractivity contribution in [3.63, 3.8) is 0 Å². The molecule has 0 aliphatic heterocycles. The van der Waals surface area contributed by atoms with Gasteiger partial charge in [-0.25, -0.2) is 4.68 Å². The van der Waals surface area contributed by atoms with E-state index in [1.807, 2.05) is 18.3 Å². The van der Waals surface area contributed by atoms with E-state index in [1.54, 1.807) is 4.68 Å². The minimum Gasteiger partial charge on any atom is -0.220 e. The molecule has 20 heavy (non-hydrogen) atoms. The van der Waals surface area contributed by atoms with E-state index in [9.17, 15) is 0 Å². The standard InChI is InChI=1S/C16H22ClN3/c1-15(2,3)12-8-7-11(9-13(12)17)20-10-14(18-19-20)16(4,5)6/h7-10H,1-6H3. The van der Waals surface area contributed by atoms with Crippen LogP contribution < -0.4 is 0 Å². The van der Waals surface area contributed by atoms with Gasteiger partial charge in [-0.2, -0.15) is 0 Å². The molecule has 1 heterocycles. The summed E-state index contributed by atoms with van der Waals surface area (Å²) in [4.78, 5) is 0. The van der Waals surface area contributed by atoms with Gasteiger partial charge in [-0.3, -0.25) is 0 Å². The summed E-state index contributed by atoms with van der Waals surface area (Å²) in [5, 5.41) is 9.19. The van der Waals surface area contributed by atoms with Gasteiger partial charge < -0.3 is 0 Å². The highest BCUT2D eigenvalue weighted by molar-refractivity contribution is 6.31. The number of benzene rings is 1. The Morgan fingerprint density at radius 3 is 2.10 bits per heavy atom. The molecule has 0 fully saturated rings. The Labute approximate surface area is 126 Å². The molecule has 0 atom stereocenters. The number of nitrogens with zero attached hydrogens (tertiary/aromatic N) is 3. The average Bonchev–Trinajstić information content (AvgIpc) is 2.75. The Morgan fingerprint density at radius 1 is 1.00 bits per heavy atom. The summed E-state index contributed by atoms with van der Waals surface area (Å²) in [6.45, 7) is 12.8. The largest absolute Gasteiger partial charge is 0.220 e. The van der Waals surface area contributed by atoms with E-state index in [1.165, 1.54) is 0 Å². The second-order valence-electron chi connectivity index (χ2n) is 7.21. The molecule has 0 aliphatic carbocycles. The van der Waals surface area contributed by atoms with Crippen LogP contribution in [0.2, 0.25) is 5.02 Å². The fourth-order valence-electron chi connectivity index (χ4n) is 1.99. The van der Waals surface area contributed by atoms with E-state index in [0.29, 0.717) is 0 Å². The zero-order valence-corrected chi connectivity index (χ0v) is 13.8. The average molecular weight is 292 g/mol. The molecule has 1 aromatic heterocycles. The lowest BCUT2D eigenvalue weighted by atomic mass is 9.87. The van der Waals surface area contributed by atoms with Gasteiger partial charge in [0.25, 0.3) is 0 Å². The molecule has 0 bridgehead atoms. The predicted octanol–water partition coefficient (Wildman–Crippen LogP) is 4.52. The minimum absolute atomic E-state index is 0.00655. The maximum atomic E-state index is 6.40. The first-order valence-corrected chi connectivity index (χ1v) is 7.20. The predicted molar refractivity (Wildman–Crippen MR) is 83.8 cm³/mol. The van der Waals surface area contributed by atoms with Crippen molar-refractivity contribution in [2.45, 2.75) is 52.4 Å². The van der Waals surface area contributed by atoms with Crippen molar-refractivity contribution < 1.29 is 0 Å². The van der Waals surface area contributed by atoms with Gasteiger partial charge in [0.2, 0.25) is 0 Å². The molecule has 2 aromatic rings. The van der Waals surface area contributed by atoms with Crippen LogP contribution in [0.5, 0.6) is 0 Å². The first-order valence-electron chi connectivity index (χ1n) is 6.82. The number of aromatic nitrogens is 3. The van der Waals surface area contributed by atoms with Gasteiger partial charge in [0.15, 0.2) is 0 Å². The fourth-order valence-corrected chi connectivity index (χ4v) is 2.45. The van der Waals surface area contributed by atoms with Crippen LogP contribution in [0.3, 0.4) is 0 Å². The normalized spacial score (nSPS) is 12.8. The summed E-state index contributed by atoms with van der Waals surface area (Å²) in [7, 11) is 0. The van der Waals surface area contributed by atoms with Crippen molar-refractivity contribution >= 4 is 11.6 Å². The van der Waals surface area contributed by atoms with Crippen molar-refractivity contribution in [3.05, 3.63) is 40.7 Å². The first kappa shape index (κ1) is 15.0. The molecule has 0 saturated heterocycles. The van der Waals surface area contributed by atoms with E-state index in [2.05, 4.69) is 57.9 Å². The maximum Gasteiger partial charge on any atom is 0.0885 e. The lowest BCUT2D eigenvalue weighted by Crippen LogP contribution is -2.12. The van der Waals surface area contributed by atoms with Crippen molar-refractivity contribution in [1.29, 1.82) is 0 Å². The first-order chi connectivity index (χ1) is 9.09. The molecule has 3 nitrogen and oxygen atoms in total. The SMILES string of the molecule is CC(C)(C)c1cn(-c2ccc(C(C)(C)C)c(Cl)c2)nn1. The van der Waals surface area contributed by atoms with Gasteiger partial charge in [0, 0.05) is 10.4 Å². The van der Waals surface area contributed by atoms with Gasteiger partial charge in [-0.1, -0.05) is 64.4 Å². The Morgan fingerprint density at radius 2 is 1.65 bits per heavy atom. The maximum absolute atomic E-state index is 6.40. The van der Waals surface area contributed by atoms with E-state index < -0.39 is 0 Å². The molecule has 1 aromatic carbocycles. The van der Waals surface area contributed by atoms with Crippen LogP contribution in [0.15, 0.2) is 24.4 Å². The number of hydrogen-bond donors (Lipinski definition) is 0. The zero-order valence-electron chi connectivity index (χ0n) is 13.0. The lowest BCUT2D eigenvalue weighted by molar-refractivity contribution is 0.566. The third-order valence-electron chi connectivity index (χ3n) is 3.29. The Kier molecular flexibility index (Phi) is 3.67. The van der Waals surface area contributed by atoms with Gasteiger partial charge in [-0.15, -0.1) is 5.10 Å². The number of rotatable bonds is 1. The Balaban J connectivity index is 2.40. The summed E-state index contributed by atoms with van der Waals surface area (Å²) in [6, 6.07) is 6.05. The van der Waals surface area contributed by atoms with Crippen LogP contribution in [0.4, 0.5) is 0 Å². The summed E-state index contributed by atoms with van der Waals surface area (Å²) in [5.41, 5.74) is 3.07. The van der Waals surface area contributed by atoms with Crippen molar-refractivity contribution in [2.75, 3.05) is 0 Å². The molecule has 108 valence electrons. The molecular weight excluding hydrogens is 270 g/mol. The van der Waals surface area contributed by atoms with Crippen molar-refractivity contribution in [2.24, 2.45) is 0 Å². The molecule has 0 spiro atoms. The molecule has 0 N–H and O–H groups in total. The third kappa shape index (κ3) is 3.04. The number of halogens is 1. The summed E-state index contributed by atoms with van der Waals surface area (Å²) in [5.74, 6) is 0. The third-order valence-corrected chi connectivity index (χ3v) is 3.60. The second-order valence-corrected chi connectivity index (χ2v) is 7.62. The van der Waals surface area contributed by atoms with Gasteiger partial charge in [-0.05, 0) is 23.1 Å². The highest BCUT2D eigenvalue weighted by Crippen LogP contribution is 2.31. The van der Waals surface area contributed by atoms with Gasteiger partial charge in [0.05, 0.1) is 17.6 Å².